The van der Waals surface area contributed by atoms with Gasteiger partial charge in [-0.1, -0.05) is 15.9 Å². The van der Waals surface area contributed by atoms with Gasteiger partial charge in [-0.05, 0) is 47.2 Å². The predicted octanol–water partition coefficient (Wildman–Crippen LogP) is 3.05. The van der Waals surface area contributed by atoms with E-state index in [1.807, 2.05) is 13.0 Å². The highest BCUT2D eigenvalue weighted by Gasteiger charge is 2.11. The van der Waals surface area contributed by atoms with Crippen LogP contribution in [0.15, 0.2) is 12.1 Å². The van der Waals surface area contributed by atoms with Crippen molar-refractivity contribution in [2.75, 3.05) is 5.33 Å². The Labute approximate surface area is 105 Å². The van der Waals surface area contributed by atoms with Crippen LogP contribution in [0.4, 0.5) is 0 Å². The molecule has 0 spiro atoms. The molecule has 0 saturated heterocycles. The molecule has 0 aromatic heterocycles. The molecule has 0 N–H and O–H groups in total. The lowest BCUT2D eigenvalue weighted by Crippen LogP contribution is -2.04. The van der Waals surface area contributed by atoms with Crippen molar-refractivity contribution in [1.82, 2.24) is 0 Å². The normalized spacial score (nSPS) is 9.57. The molecule has 1 aromatic rings. The van der Waals surface area contributed by atoms with E-state index in [-0.39, 0.29) is 11.1 Å². The number of aryl methyl sites for hydroxylation is 1. The van der Waals surface area contributed by atoms with E-state index < -0.39 is 0 Å². The molecule has 0 aliphatic carbocycles. The summed E-state index contributed by atoms with van der Waals surface area (Å²) in [6.45, 7) is 1.92. The molecule has 4 heteroatoms. The molecule has 14 heavy (non-hydrogen) atoms. The van der Waals surface area contributed by atoms with Gasteiger partial charge in [-0.25, -0.2) is 0 Å². The summed E-state index contributed by atoms with van der Waals surface area (Å²) in [5.74, 6) is -0.0560. The Balaban J connectivity index is 3.36. The number of hydrogen-bond donors (Lipinski definition) is 0. The minimum atomic E-state index is -0.0560. The molecule has 0 saturated carbocycles. The lowest BCUT2D eigenvalue weighted by atomic mass is 10.0. The number of alkyl halides is 1. The molecule has 72 valence electrons. The number of nitrogens with zero attached hydrogens (tertiary/aromatic N) is 1. The smallest absolute Gasteiger partial charge is 0.174 e. The lowest BCUT2D eigenvalue weighted by Gasteiger charge is -2.04. The van der Waals surface area contributed by atoms with Crippen LogP contribution in [0.25, 0.3) is 0 Å². The van der Waals surface area contributed by atoms with Crippen LogP contribution in [0.5, 0.6) is 0 Å². The van der Waals surface area contributed by atoms with Crippen LogP contribution in [0.1, 0.15) is 21.5 Å². The quantitative estimate of drug-likeness (QED) is 0.460. The summed E-state index contributed by atoms with van der Waals surface area (Å²) in [7, 11) is 0. The number of benzene rings is 1. The minimum Gasteiger partial charge on any atom is -0.293 e. The lowest BCUT2D eigenvalue weighted by molar-refractivity contribution is 0.102. The largest absolute Gasteiger partial charge is 0.293 e. The Morgan fingerprint density at radius 1 is 1.64 bits per heavy atom. The average Bonchev–Trinajstić information content (AvgIpc) is 2.20. The van der Waals surface area contributed by atoms with Crippen molar-refractivity contribution in [1.29, 1.82) is 5.26 Å². The number of hydrogen-bond acceptors (Lipinski definition) is 2. The highest BCUT2D eigenvalue weighted by atomic mass is 127. The molecule has 0 atom stereocenters. The monoisotopic (exact) mass is 363 g/mol. The zero-order chi connectivity index (χ0) is 10.7. The van der Waals surface area contributed by atoms with Gasteiger partial charge >= 0.3 is 0 Å². The van der Waals surface area contributed by atoms with E-state index in [4.69, 9.17) is 5.26 Å². The second kappa shape index (κ2) is 4.89. The van der Waals surface area contributed by atoms with Gasteiger partial charge in [-0.15, -0.1) is 0 Å². The van der Waals surface area contributed by atoms with Gasteiger partial charge in [0.1, 0.15) is 0 Å². The third-order valence-electron chi connectivity index (χ3n) is 1.84. The van der Waals surface area contributed by atoms with E-state index >= 15 is 0 Å². The third kappa shape index (κ3) is 2.34. The third-order valence-corrected chi connectivity index (χ3v) is 3.51. The highest BCUT2D eigenvalue weighted by Crippen LogP contribution is 2.18. The molecule has 0 aliphatic rings. The Kier molecular flexibility index (Phi) is 4.08. The van der Waals surface area contributed by atoms with Gasteiger partial charge in [0.2, 0.25) is 0 Å². The maximum atomic E-state index is 11.5. The van der Waals surface area contributed by atoms with E-state index in [1.165, 1.54) is 0 Å². The number of Topliss-reactive ketones (excluding diaryl/α,β-unsaturated/α-hetero) is 1. The number of rotatable bonds is 2. The zero-order valence-electron chi connectivity index (χ0n) is 7.47. The first-order valence-corrected chi connectivity index (χ1v) is 6.09. The van der Waals surface area contributed by atoms with Gasteiger partial charge in [-0.2, -0.15) is 5.26 Å². The molecule has 2 nitrogen and oxygen atoms in total. The van der Waals surface area contributed by atoms with Gasteiger partial charge in [-0.3, -0.25) is 4.79 Å². The number of carbonyl (C=O) groups is 1. The molecule has 0 aliphatic heterocycles. The fourth-order valence-electron chi connectivity index (χ4n) is 1.08. The van der Waals surface area contributed by atoms with Crippen molar-refractivity contribution in [3.8, 4) is 6.07 Å². The minimum absolute atomic E-state index is 0.0560. The summed E-state index contributed by atoms with van der Waals surface area (Å²) in [5, 5.41) is 9.11. The van der Waals surface area contributed by atoms with E-state index in [0.29, 0.717) is 11.1 Å². The van der Waals surface area contributed by atoms with Crippen LogP contribution in [0.3, 0.4) is 0 Å². The van der Waals surface area contributed by atoms with Crippen LogP contribution in [-0.4, -0.2) is 11.1 Å². The SMILES string of the molecule is Cc1cc(C#N)c(C(=O)CBr)cc1I. The van der Waals surface area contributed by atoms with Crippen molar-refractivity contribution in [2.45, 2.75) is 6.92 Å². The maximum absolute atomic E-state index is 11.5. The Morgan fingerprint density at radius 3 is 2.79 bits per heavy atom. The topological polar surface area (TPSA) is 40.9 Å². The summed E-state index contributed by atoms with van der Waals surface area (Å²) in [4.78, 5) is 11.5. The van der Waals surface area contributed by atoms with Crippen LogP contribution < -0.4 is 0 Å². The highest BCUT2D eigenvalue weighted by molar-refractivity contribution is 14.1. The average molecular weight is 364 g/mol. The Hall–Kier alpha value is -0.410. The van der Waals surface area contributed by atoms with E-state index in [1.54, 1.807) is 12.1 Å². The Bertz CT molecular complexity index is 423. The van der Waals surface area contributed by atoms with Crippen LogP contribution in [0.2, 0.25) is 0 Å². The molecule has 1 aromatic carbocycles. The van der Waals surface area contributed by atoms with E-state index in [9.17, 15) is 4.79 Å². The maximum Gasteiger partial charge on any atom is 0.174 e. The summed E-state index contributed by atoms with van der Waals surface area (Å²) in [6.07, 6.45) is 0. The standard InChI is InChI=1S/C10H7BrINO/c1-6-2-7(5-13)8(3-9(6)12)10(14)4-11/h2-3H,4H2,1H3. The molecule has 1 rings (SSSR count). The van der Waals surface area contributed by atoms with Gasteiger partial charge < -0.3 is 0 Å². The van der Waals surface area contributed by atoms with Gasteiger partial charge in [0, 0.05) is 9.13 Å². The zero-order valence-corrected chi connectivity index (χ0v) is 11.2. The summed E-state index contributed by atoms with van der Waals surface area (Å²) < 4.78 is 1.01. The molecular weight excluding hydrogens is 357 g/mol. The Morgan fingerprint density at radius 2 is 2.29 bits per heavy atom. The summed E-state index contributed by atoms with van der Waals surface area (Å²) in [5.41, 5.74) is 1.97. The van der Waals surface area contributed by atoms with Gasteiger partial charge in [0.25, 0.3) is 0 Å². The molecule has 0 heterocycles. The first-order valence-electron chi connectivity index (χ1n) is 3.89. The number of ketones is 1. The first-order chi connectivity index (χ1) is 6.60. The molecule has 0 amide bonds. The molecule has 0 bridgehead atoms. The fraction of sp³-hybridized carbons (Fsp3) is 0.200. The second-order valence-electron chi connectivity index (χ2n) is 2.82. The first kappa shape index (κ1) is 11.7. The molecular formula is C10H7BrINO. The van der Waals surface area contributed by atoms with E-state index in [2.05, 4.69) is 38.5 Å². The van der Waals surface area contributed by atoms with Crippen LogP contribution >= 0.6 is 38.5 Å². The number of halogens is 2. The predicted molar refractivity (Wildman–Crippen MR) is 66.7 cm³/mol. The van der Waals surface area contributed by atoms with Crippen molar-refractivity contribution in [3.05, 3.63) is 32.4 Å². The van der Waals surface area contributed by atoms with E-state index in [0.717, 1.165) is 9.13 Å². The summed E-state index contributed by atoms with van der Waals surface area (Å²) in [6, 6.07) is 5.54. The van der Waals surface area contributed by atoms with Crippen molar-refractivity contribution in [3.63, 3.8) is 0 Å². The van der Waals surface area contributed by atoms with Gasteiger partial charge in [0.05, 0.1) is 17.0 Å². The van der Waals surface area contributed by atoms with Crippen LogP contribution in [-0.2, 0) is 0 Å². The van der Waals surface area contributed by atoms with Crippen molar-refractivity contribution < 1.29 is 4.79 Å². The summed E-state index contributed by atoms with van der Waals surface area (Å²) >= 11 is 5.25. The fourth-order valence-corrected chi connectivity index (χ4v) is 1.85. The second-order valence-corrected chi connectivity index (χ2v) is 4.54. The van der Waals surface area contributed by atoms with Gasteiger partial charge in [0.15, 0.2) is 5.78 Å². The van der Waals surface area contributed by atoms with Crippen LogP contribution in [0, 0.1) is 21.8 Å². The molecule has 0 unspecified atom stereocenters. The van der Waals surface area contributed by atoms with Crippen molar-refractivity contribution in [2.24, 2.45) is 0 Å². The number of carbonyl (C=O) groups excluding carboxylic acids is 1. The van der Waals surface area contributed by atoms with Crippen molar-refractivity contribution >= 4 is 44.3 Å². The molecule has 0 fully saturated rings. The molecule has 0 radical (unpaired) electrons. The number of nitriles is 1.